The first-order valence-electron chi connectivity index (χ1n) is 6.90. The van der Waals surface area contributed by atoms with Gasteiger partial charge in [-0.1, -0.05) is 13.8 Å². The third-order valence-corrected chi connectivity index (χ3v) is 2.92. The van der Waals surface area contributed by atoms with Gasteiger partial charge in [-0.15, -0.1) is 0 Å². The Morgan fingerprint density at radius 1 is 1.16 bits per heavy atom. The number of hydrogen-bond donors (Lipinski definition) is 2. The molecule has 0 aromatic carbocycles. The molecule has 0 aliphatic rings. The van der Waals surface area contributed by atoms with Crippen molar-refractivity contribution in [2.75, 3.05) is 38.3 Å². The lowest BCUT2D eigenvalue weighted by molar-refractivity contribution is 0.390. The van der Waals surface area contributed by atoms with Crippen molar-refractivity contribution in [2.24, 2.45) is 0 Å². The maximum Gasteiger partial charge on any atom is 0.135 e. The van der Waals surface area contributed by atoms with Gasteiger partial charge >= 0.3 is 0 Å². The molecule has 0 aliphatic carbocycles. The average Bonchev–Trinajstić information content (AvgIpc) is 2.35. The Morgan fingerprint density at radius 3 is 2.32 bits per heavy atom. The summed E-state index contributed by atoms with van der Waals surface area (Å²) >= 11 is 0. The van der Waals surface area contributed by atoms with Gasteiger partial charge in [-0.25, -0.2) is 9.97 Å². The van der Waals surface area contributed by atoms with E-state index in [0.29, 0.717) is 12.0 Å². The van der Waals surface area contributed by atoms with E-state index >= 15 is 0 Å². The Morgan fingerprint density at radius 2 is 1.79 bits per heavy atom. The van der Waals surface area contributed by atoms with Crippen LogP contribution in [-0.2, 0) is 0 Å². The smallest absolute Gasteiger partial charge is 0.135 e. The fourth-order valence-electron chi connectivity index (χ4n) is 1.70. The lowest BCUT2D eigenvalue weighted by Gasteiger charge is -2.18. The minimum absolute atomic E-state index is 0.325. The van der Waals surface area contributed by atoms with Crippen LogP contribution in [-0.4, -0.2) is 48.6 Å². The molecule has 108 valence electrons. The molecule has 1 unspecified atom stereocenters. The van der Waals surface area contributed by atoms with E-state index in [9.17, 15) is 0 Å². The highest BCUT2D eigenvalue weighted by Crippen LogP contribution is 2.17. The molecule has 5 heteroatoms. The van der Waals surface area contributed by atoms with Crippen LogP contribution in [0, 0.1) is 0 Å². The summed E-state index contributed by atoms with van der Waals surface area (Å²) in [5, 5.41) is 6.54. The van der Waals surface area contributed by atoms with Crippen molar-refractivity contribution < 1.29 is 0 Å². The summed E-state index contributed by atoms with van der Waals surface area (Å²) in [6.45, 7) is 7.46. The summed E-state index contributed by atoms with van der Waals surface area (Å²) in [4.78, 5) is 11.2. The molecule has 0 aliphatic heterocycles. The van der Waals surface area contributed by atoms with E-state index in [1.54, 1.807) is 0 Å². The highest BCUT2D eigenvalue weighted by Gasteiger charge is 2.09. The standard InChI is InChI=1S/C14H27N5/c1-10(2)14-17-12(15-4)9-13(18-14)16-11(3)7-8-19(5)6/h9-11H,7-8H2,1-6H3,(H2,15,16,17,18). The van der Waals surface area contributed by atoms with Gasteiger partial charge in [-0.05, 0) is 34.0 Å². The van der Waals surface area contributed by atoms with E-state index in [0.717, 1.165) is 30.4 Å². The summed E-state index contributed by atoms with van der Waals surface area (Å²) in [5.41, 5.74) is 0. The lowest BCUT2D eigenvalue weighted by Crippen LogP contribution is -2.23. The quantitative estimate of drug-likeness (QED) is 0.793. The number of rotatable bonds is 7. The molecule has 1 heterocycles. The van der Waals surface area contributed by atoms with Crippen molar-refractivity contribution in [3.63, 3.8) is 0 Å². The predicted octanol–water partition coefficient (Wildman–Crippen LogP) is 2.39. The predicted molar refractivity (Wildman–Crippen MR) is 81.9 cm³/mol. The van der Waals surface area contributed by atoms with Crippen LogP contribution in [0.25, 0.3) is 0 Å². The molecule has 0 radical (unpaired) electrons. The van der Waals surface area contributed by atoms with E-state index in [4.69, 9.17) is 0 Å². The van der Waals surface area contributed by atoms with Crippen molar-refractivity contribution in [1.29, 1.82) is 0 Å². The number of anilines is 2. The molecule has 1 aromatic heterocycles. The second kappa shape index (κ2) is 7.28. The largest absolute Gasteiger partial charge is 0.373 e. The SMILES string of the molecule is CNc1cc(NC(C)CCN(C)C)nc(C(C)C)n1. The van der Waals surface area contributed by atoms with Crippen LogP contribution in [0.1, 0.15) is 38.9 Å². The molecule has 1 atom stereocenters. The van der Waals surface area contributed by atoms with Crippen molar-refractivity contribution >= 4 is 11.6 Å². The molecular weight excluding hydrogens is 238 g/mol. The maximum atomic E-state index is 4.57. The highest BCUT2D eigenvalue weighted by molar-refractivity contribution is 5.47. The van der Waals surface area contributed by atoms with Crippen molar-refractivity contribution in [3.8, 4) is 0 Å². The van der Waals surface area contributed by atoms with Crippen molar-refractivity contribution in [2.45, 2.75) is 39.2 Å². The minimum atomic E-state index is 0.325. The maximum absolute atomic E-state index is 4.57. The molecule has 0 bridgehead atoms. The zero-order chi connectivity index (χ0) is 14.4. The normalized spacial score (nSPS) is 12.8. The van der Waals surface area contributed by atoms with E-state index in [-0.39, 0.29) is 0 Å². The Bertz CT molecular complexity index is 389. The van der Waals surface area contributed by atoms with Crippen LogP contribution < -0.4 is 10.6 Å². The van der Waals surface area contributed by atoms with Gasteiger partial charge in [0.15, 0.2) is 0 Å². The van der Waals surface area contributed by atoms with Gasteiger partial charge in [0.1, 0.15) is 17.5 Å². The Hall–Kier alpha value is -1.36. The van der Waals surface area contributed by atoms with E-state index in [1.807, 2.05) is 13.1 Å². The van der Waals surface area contributed by atoms with Gasteiger partial charge in [0.05, 0.1) is 0 Å². The van der Waals surface area contributed by atoms with Gasteiger partial charge in [-0.3, -0.25) is 0 Å². The van der Waals surface area contributed by atoms with Crippen LogP contribution in [0.3, 0.4) is 0 Å². The lowest BCUT2D eigenvalue weighted by atomic mass is 10.2. The molecule has 2 N–H and O–H groups in total. The zero-order valence-electron chi connectivity index (χ0n) is 13.0. The fraction of sp³-hybridized carbons (Fsp3) is 0.714. The topological polar surface area (TPSA) is 53.1 Å². The van der Waals surface area contributed by atoms with E-state index in [2.05, 4.69) is 60.4 Å². The van der Waals surface area contributed by atoms with Gasteiger partial charge in [0.25, 0.3) is 0 Å². The summed E-state index contributed by atoms with van der Waals surface area (Å²) in [7, 11) is 6.06. The second-order valence-corrected chi connectivity index (χ2v) is 5.54. The molecule has 0 saturated heterocycles. The third kappa shape index (κ3) is 5.42. The number of hydrogen-bond acceptors (Lipinski definition) is 5. The van der Waals surface area contributed by atoms with Crippen LogP contribution in [0.15, 0.2) is 6.07 Å². The molecule has 1 rings (SSSR count). The third-order valence-electron chi connectivity index (χ3n) is 2.92. The summed E-state index contributed by atoms with van der Waals surface area (Å²) in [6, 6.07) is 2.35. The van der Waals surface area contributed by atoms with E-state index in [1.165, 1.54) is 0 Å². The Balaban J connectivity index is 2.73. The molecule has 0 amide bonds. The molecule has 19 heavy (non-hydrogen) atoms. The molecule has 1 aromatic rings. The molecule has 0 fully saturated rings. The summed E-state index contributed by atoms with van der Waals surface area (Å²) < 4.78 is 0. The first-order chi connectivity index (χ1) is 8.92. The summed E-state index contributed by atoms with van der Waals surface area (Å²) in [5.74, 6) is 2.95. The summed E-state index contributed by atoms with van der Waals surface area (Å²) in [6.07, 6.45) is 1.09. The monoisotopic (exact) mass is 265 g/mol. The van der Waals surface area contributed by atoms with Crippen molar-refractivity contribution in [3.05, 3.63) is 11.9 Å². The second-order valence-electron chi connectivity index (χ2n) is 5.54. The number of nitrogens with zero attached hydrogens (tertiary/aromatic N) is 3. The minimum Gasteiger partial charge on any atom is -0.373 e. The Kier molecular flexibility index (Phi) is 6.02. The van der Waals surface area contributed by atoms with Crippen molar-refractivity contribution in [1.82, 2.24) is 14.9 Å². The van der Waals surface area contributed by atoms with Crippen LogP contribution in [0.4, 0.5) is 11.6 Å². The molecule has 0 saturated carbocycles. The first kappa shape index (κ1) is 15.7. The molecule has 5 nitrogen and oxygen atoms in total. The van der Waals surface area contributed by atoms with Gasteiger partial charge in [-0.2, -0.15) is 0 Å². The Labute approximate surface area is 116 Å². The number of nitrogens with one attached hydrogen (secondary N) is 2. The zero-order valence-corrected chi connectivity index (χ0v) is 13.0. The van der Waals surface area contributed by atoms with Crippen LogP contribution in [0.5, 0.6) is 0 Å². The van der Waals surface area contributed by atoms with Gasteiger partial charge in [0.2, 0.25) is 0 Å². The first-order valence-corrected chi connectivity index (χ1v) is 6.90. The van der Waals surface area contributed by atoms with Crippen LogP contribution in [0.2, 0.25) is 0 Å². The highest BCUT2D eigenvalue weighted by atomic mass is 15.1. The number of aromatic nitrogens is 2. The van der Waals surface area contributed by atoms with Gasteiger partial charge in [0, 0.05) is 25.1 Å². The molecular formula is C14H27N5. The molecule has 0 spiro atoms. The fourth-order valence-corrected chi connectivity index (χ4v) is 1.70. The van der Waals surface area contributed by atoms with E-state index < -0.39 is 0 Å². The van der Waals surface area contributed by atoms with Gasteiger partial charge < -0.3 is 15.5 Å². The average molecular weight is 265 g/mol. The van der Waals surface area contributed by atoms with Crippen LogP contribution >= 0.6 is 0 Å².